The molecule has 3 aromatic rings. The summed E-state index contributed by atoms with van der Waals surface area (Å²) in [6.45, 7) is 5.51. The minimum atomic E-state index is -0.150. The van der Waals surface area contributed by atoms with Crippen LogP contribution in [-0.4, -0.2) is 42.0 Å². The van der Waals surface area contributed by atoms with Crippen molar-refractivity contribution in [3.63, 3.8) is 0 Å². The third-order valence-corrected chi connectivity index (χ3v) is 4.17. The first-order chi connectivity index (χ1) is 12.1. The van der Waals surface area contributed by atoms with Gasteiger partial charge in [0.2, 0.25) is 0 Å². The molecule has 0 radical (unpaired) electrons. The van der Waals surface area contributed by atoms with Gasteiger partial charge in [0.05, 0.1) is 30.2 Å². The van der Waals surface area contributed by atoms with Gasteiger partial charge in [0.15, 0.2) is 0 Å². The molecule has 2 amide bonds. The summed E-state index contributed by atoms with van der Waals surface area (Å²) >= 11 is 0. The molecule has 0 saturated heterocycles. The summed E-state index contributed by atoms with van der Waals surface area (Å²) in [6, 6.07) is 9.40. The Morgan fingerprint density at radius 3 is 2.76 bits per heavy atom. The van der Waals surface area contributed by atoms with Gasteiger partial charge in [-0.25, -0.2) is 19.1 Å². The van der Waals surface area contributed by atoms with Gasteiger partial charge in [-0.3, -0.25) is 0 Å². The Morgan fingerprint density at radius 2 is 1.96 bits per heavy atom. The maximum Gasteiger partial charge on any atom is 0.322 e. The zero-order valence-electron chi connectivity index (χ0n) is 14.2. The predicted octanol–water partition coefficient (Wildman–Crippen LogP) is 2.13. The predicted molar refractivity (Wildman–Crippen MR) is 92.5 cm³/mol. The van der Waals surface area contributed by atoms with Crippen molar-refractivity contribution < 1.29 is 4.79 Å². The summed E-state index contributed by atoms with van der Waals surface area (Å²) in [5.41, 5.74) is 2.48. The second-order valence-electron chi connectivity index (χ2n) is 6.07. The maximum atomic E-state index is 12.7. The van der Waals surface area contributed by atoms with Crippen molar-refractivity contribution in [3.8, 4) is 5.69 Å². The van der Waals surface area contributed by atoms with Gasteiger partial charge in [0.1, 0.15) is 11.6 Å². The molecule has 8 nitrogen and oxygen atoms in total. The molecule has 1 aliphatic heterocycles. The normalized spacial score (nSPS) is 13.6. The first kappa shape index (κ1) is 15.4. The highest BCUT2D eigenvalue weighted by atomic mass is 16.2. The maximum absolute atomic E-state index is 12.7. The van der Waals surface area contributed by atoms with Gasteiger partial charge in [-0.2, -0.15) is 10.2 Å². The zero-order valence-corrected chi connectivity index (χ0v) is 14.2. The lowest BCUT2D eigenvalue weighted by molar-refractivity contribution is 0.193. The first-order valence-corrected chi connectivity index (χ1v) is 8.18. The quantitative estimate of drug-likeness (QED) is 0.777. The molecule has 0 aliphatic carbocycles. The topological polar surface area (TPSA) is 80.9 Å². The van der Waals surface area contributed by atoms with Gasteiger partial charge in [0.25, 0.3) is 0 Å². The Morgan fingerprint density at radius 1 is 1.12 bits per heavy atom. The molecule has 4 rings (SSSR count). The molecule has 128 valence electrons. The van der Waals surface area contributed by atoms with E-state index in [4.69, 9.17) is 0 Å². The van der Waals surface area contributed by atoms with Gasteiger partial charge in [-0.1, -0.05) is 12.1 Å². The first-order valence-electron chi connectivity index (χ1n) is 8.18. The number of fused-ring (bicyclic) bond motifs is 1. The van der Waals surface area contributed by atoms with Crippen LogP contribution in [0, 0.1) is 13.8 Å². The summed E-state index contributed by atoms with van der Waals surface area (Å²) in [5, 5.41) is 11.7. The number of anilines is 1. The molecule has 1 N–H and O–H groups in total. The molecule has 0 bridgehead atoms. The van der Waals surface area contributed by atoms with E-state index in [-0.39, 0.29) is 6.03 Å². The Bertz CT molecular complexity index is 927. The number of nitrogens with one attached hydrogen (secondary N) is 1. The van der Waals surface area contributed by atoms with Crippen molar-refractivity contribution in [1.82, 2.24) is 29.4 Å². The van der Waals surface area contributed by atoms with Crippen molar-refractivity contribution in [2.75, 3.05) is 11.9 Å². The van der Waals surface area contributed by atoms with Crippen molar-refractivity contribution in [2.24, 2.45) is 0 Å². The smallest absolute Gasteiger partial charge is 0.315 e. The van der Waals surface area contributed by atoms with Crippen molar-refractivity contribution in [3.05, 3.63) is 53.9 Å². The van der Waals surface area contributed by atoms with Crippen LogP contribution in [0.15, 0.2) is 36.5 Å². The minimum absolute atomic E-state index is 0.150. The summed E-state index contributed by atoms with van der Waals surface area (Å²) in [6.07, 6.45) is 1.88. The average Bonchev–Trinajstić information content (AvgIpc) is 3.19. The second-order valence-corrected chi connectivity index (χ2v) is 6.07. The largest absolute Gasteiger partial charge is 0.322 e. The van der Waals surface area contributed by atoms with Crippen LogP contribution in [0.5, 0.6) is 0 Å². The van der Waals surface area contributed by atoms with E-state index in [1.165, 1.54) is 0 Å². The number of urea groups is 1. The molecule has 1 aromatic carbocycles. The third kappa shape index (κ3) is 2.98. The molecular formula is C17H19N7O. The van der Waals surface area contributed by atoms with E-state index in [9.17, 15) is 4.79 Å². The van der Waals surface area contributed by atoms with Gasteiger partial charge in [-0.05, 0) is 32.0 Å². The van der Waals surface area contributed by atoms with Crippen LogP contribution in [0.4, 0.5) is 10.5 Å². The van der Waals surface area contributed by atoms with Crippen LogP contribution in [0.1, 0.15) is 17.3 Å². The van der Waals surface area contributed by atoms with Crippen LogP contribution in [0.3, 0.4) is 0 Å². The van der Waals surface area contributed by atoms with Crippen molar-refractivity contribution in [1.29, 1.82) is 0 Å². The molecule has 3 heterocycles. The Balaban J connectivity index is 1.54. The summed E-state index contributed by atoms with van der Waals surface area (Å²) in [5.74, 6) is 1.55. The number of nitrogens with zero attached hydrogens (tertiary/aromatic N) is 6. The number of rotatable bonds is 2. The molecule has 0 fully saturated rings. The lowest BCUT2D eigenvalue weighted by Crippen LogP contribution is -2.41. The van der Waals surface area contributed by atoms with Gasteiger partial charge < -0.3 is 10.2 Å². The SMILES string of the molecule is Cc1ccn(-c2ccccc2NC(=O)N2CCn3nc(C)nc3C2)n1. The van der Waals surface area contributed by atoms with E-state index in [0.717, 1.165) is 28.7 Å². The minimum Gasteiger partial charge on any atom is -0.315 e. The fraction of sp³-hybridized carbons (Fsp3) is 0.294. The molecular weight excluding hydrogens is 318 g/mol. The molecule has 2 aromatic heterocycles. The summed E-state index contributed by atoms with van der Waals surface area (Å²) in [4.78, 5) is 18.8. The molecule has 8 heteroatoms. The van der Waals surface area contributed by atoms with Gasteiger partial charge in [-0.15, -0.1) is 0 Å². The van der Waals surface area contributed by atoms with Crippen LogP contribution in [0.25, 0.3) is 5.69 Å². The van der Waals surface area contributed by atoms with E-state index in [2.05, 4.69) is 20.5 Å². The standard InChI is InChI=1S/C17H19N7O/c1-12-7-8-23(20-12)15-6-4-3-5-14(15)19-17(25)22-9-10-24-16(11-22)18-13(2)21-24/h3-8H,9-11H2,1-2H3,(H,19,25). The number of hydrogen-bond donors (Lipinski definition) is 1. The Labute approximate surface area is 145 Å². The van der Waals surface area contributed by atoms with Crippen LogP contribution >= 0.6 is 0 Å². The van der Waals surface area contributed by atoms with Crippen molar-refractivity contribution in [2.45, 2.75) is 26.9 Å². The molecule has 0 atom stereocenters. The highest BCUT2D eigenvalue weighted by Gasteiger charge is 2.23. The molecule has 1 aliphatic rings. The number of aryl methyl sites for hydroxylation is 2. The monoisotopic (exact) mass is 337 g/mol. The van der Waals surface area contributed by atoms with Gasteiger partial charge in [0, 0.05) is 12.7 Å². The lowest BCUT2D eigenvalue weighted by atomic mass is 10.2. The lowest BCUT2D eigenvalue weighted by Gasteiger charge is -2.27. The fourth-order valence-electron chi connectivity index (χ4n) is 2.96. The third-order valence-electron chi connectivity index (χ3n) is 4.17. The number of aromatic nitrogens is 5. The highest BCUT2D eigenvalue weighted by molar-refractivity contribution is 5.91. The average molecular weight is 337 g/mol. The number of amides is 2. The Hall–Kier alpha value is -3.16. The molecule has 0 spiro atoms. The number of carbonyl (C=O) groups is 1. The molecule has 0 saturated carbocycles. The second kappa shape index (κ2) is 6.04. The highest BCUT2D eigenvalue weighted by Crippen LogP contribution is 2.21. The van der Waals surface area contributed by atoms with E-state index < -0.39 is 0 Å². The van der Waals surface area contributed by atoms with Crippen LogP contribution in [-0.2, 0) is 13.1 Å². The zero-order chi connectivity index (χ0) is 17.4. The number of benzene rings is 1. The fourth-order valence-corrected chi connectivity index (χ4v) is 2.96. The van der Waals surface area contributed by atoms with Crippen LogP contribution in [0.2, 0.25) is 0 Å². The summed E-state index contributed by atoms with van der Waals surface area (Å²) in [7, 11) is 0. The number of hydrogen-bond acceptors (Lipinski definition) is 4. The number of carbonyl (C=O) groups excluding carboxylic acids is 1. The van der Waals surface area contributed by atoms with E-state index in [1.54, 1.807) is 9.58 Å². The van der Waals surface area contributed by atoms with E-state index >= 15 is 0 Å². The van der Waals surface area contributed by atoms with Crippen molar-refractivity contribution >= 4 is 11.7 Å². The van der Waals surface area contributed by atoms with E-state index in [1.807, 2.05) is 55.1 Å². The van der Waals surface area contributed by atoms with Gasteiger partial charge >= 0.3 is 6.03 Å². The number of para-hydroxylation sites is 2. The van der Waals surface area contributed by atoms with Crippen LogP contribution < -0.4 is 5.32 Å². The summed E-state index contributed by atoms with van der Waals surface area (Å²) < 4.78 is 3.63. The molecule has 25 heavy (non-hydrogen) atoms. The molecule has 0 unspecified atom stereocenters. The van der Waals surface area contributed by atoms with E-state index in [0.29, 0.717) is 19.6 Å². The Kier molecular flexibility index (Phi) is 3.72.